The molecule has 1 aromatic heterocycles. The van der Waals surface area contributed by atoms with Crippen molar-refractivity contribution >= 4 is 15.9 Å². The van der Waals surface area contributed by atoms with E-state index in [1.165, 1.54) is 11.6 Å². The molecule has 0 radical (unpaired) electrons. The standard InChI is InChI=1S/C17H22BrFN2/c1-4-20-17(12(2)3)14-8-9-21(11-14)10-13-6-5-7-15(19)16(13)18/h5-9,11-12,17,20H,4,10H2,1-3H3. The summed E-state index contributed by atoms with van der Waals surface area (Å²) in [6.07, 6.45) is 4.20. The zero-order valence-corrected chi connectivity index (χ0v) is 14.3. The molecule has 114 valence electrons. The van der Waals surface area contributed by atoms with Crippen LogP contribution in [0.25, 0.3) is 0 Å². The van der Waals surface area contributed by atoms with E-state index < -0.39 is 0 Å². The molecule has 0 aliphatic carbocycles. The summed E-state index contributed by atoms with van der Waals surface area (Å²) in [6.45, 7) is 8.16. The first-order chi connectivity index (χ1) is 10.0. The van der Waals surface area contributed by atoms with Crippen LogP contribution in [0, 0.1) is 11.7 Å². The van der Waals surface area contributed by atoms with Crippen LogP contribution in [0.15, 0.2) is 41.1 Å². The molecule has 0 fully saturated rings. The molecule has 0 aliphatic heterocycles. The number of halogens is 2. The first kappa shape index (κ1) is 16.2. The Labute approximate surface area is 134 Å². The Balaban J connectivity index is 2.18. The van der Waals surface area contributed by atoms with Gasteiger partial charge in [-0.3, -0.25) is 0 Å². The Morgan fingerprint density at radius 1 is 1.29 bits per heavy atom. The molecule has 4 heteroatoms. The minimum Gasteiger partial charge on any atom is -0.350 e. The highest BCUT2D eigenvalue weighted by atomic mass is 79.9. The largest absolute Gasteiger partial charge is 0.350 e. The lowest BCUT2D eigenvalue weighted by molar-refractivity contribution is 0.421. The molecule has 0 bridgehead atoms. The maximum atomic E-state index is 13.6. The predicted molar refractivity (Wildman–Crippen MR) is 88.9 cm³/mol. The molecule has 1 atom stereocenters. The number of nitrogens with one attached hydrogen (secondary N) is 1. The van der Waals surface area contributed by atoms with Crippen LogP contribution in [-0.4, -0.2) is 11.1 Å². The molecular weight excluding hydrogens is 331 g/mol. The van der Waals surface area contributed by atoms with Crippen molar-refractivity contribution in [2.24, 2.45) is 5.92 Å². The van der Waals surface area contributed by atoms with Crippen LogP contribution in [0.1, 0.15) is 37.9 Å². The van der Waals surface area contributed by atoms with Gasteiger partial charge in [-0.15, -0.1) is 0 Å². The van der Waals surface area contributed by atoms with Crippen molar-refractivity contribution in [1.29, 1.82) is 0 Å². The summed E-state index contributed by atoms with van der Waals surface area (Å²) in [5.74, 6) is 0.314. The molecule has 1 unspecified atom stereocenters. The van der Waals surface area contributed by atoms with Gasteiger partial charge in [0.2, 0.25) is 0 Å². The maximum Gasteiger partial charge on any atom is 0.137 e. The summed E-state index contributed by atoms with van der Waals surface area (Å²) >= 11 is 3.32. The second-order valence-corrected chi connectivity index (χ2v) is 6.40. The Morgan fingerprint density at radius 2 is 2.05 bits per heavy atom. The van der Waals surface area contributed by atoms with E-state index in [0.717, 1.165) is 12.1 Å². The quantitative estimate of drug-likeness (QED) is 0.793. The zero-order chi connectivity index (χ0) is 15.4. The summed E-state index contributed by atoms with van der Waals surface area (Å²) in [5.41, 5.74) is 2.22. The smallest absolute Gasteiger partial charge is 0.137 e. The number of nitrogens with zero attached hydrogens (tertiary/aromatic N) is 1. The highest BCUT2D eigenvalue weighted by Gasteiger charge is 2.15. The van der Waals surface area contributed by atoms with Crippen molar-refractivity contribution in [3.63, 3.8) is 0 Å². The van der Waals surface area contributed by atoms with E-state index in [1.807, 2.05) is 6.07 Å². The van der Waals surface area contributed by atoms with Crippen molar-refractivity contribution in [1.82, 2.24) is 9.88 Å². The molecule has 0 amide bonds. The Hall–Kier alpha value is -1.13. The maximum absolute atomic E-state index is 13.6. The summed E-state index contributed by atoms with van der Waals surface area (Å²) in [7, 11) is 0. The zero-order valence-electron chi connectivity index (χ0n) is 12.7. The van der Waals surface area contributed by atoms with Gasteiger partial charge < -0.3 is 9.88 Å². The van der Waals surface area contributed by atoms with Gasteiger partial charge in [-0.2, -0.15) is 0 Å². The lowest BCUT2D eigenvalue weighted by Gasteiger charge is -2.20. The van der Waals surface area contributed by atoms with Crippen LogP contribution in [0.4, 0.5) is 4.39 Å². The van der Waals surface area contributed by atoms with Gasteiger partial charge >= 0.3 is 0 Å². The van der Waals surface area contributed by atoms with Gasteiger partial charge in [-0.05, 0) is 51.7 Å². The minimum atomic E-state index is -0.215. The molecule has 2 rings (SSSR count). The summed E-state index contributed by atoms with van der Waals surface area (Å²) in [6, 6.07) is 7.65. The van der Waals surface area contributed by atoms with Gasteiger partial charge in [0.1, 0.15) is 5.82 Å². The van der Waals surface area contributed by atoms with E-state index >= 15 is 0 Å². The first-order valence-corrected chi connectivity index (χ1v) is 8.14. The lowest BCUT2D eigenvalue weighted by Crippen LogP contribution is -2.25. The average molecular weight is 353 g/mol. The summed E-state index contributed by atoms with van der Waals surface area (Å²) in [5, 5.41) is 3.51. The summed E-state index contributed by atoms with van der Waals surface area (Å²) < 4.78 is 16.2. The van der Waals surface area contributed by atoms with E-state index in [1.54, 1.807) is 6.07 Å². The second kappa shape index (κ2) is 7.23. The predicted octanol–water partition coefficient (Wildman–Crippen LogP) is 4.74. The molecule has 1 heterocycles. The van der Waals surface area contributed by atoms with Crippen LogP contribution in [-0.2, 0) is 6.54 Å². The van der Waals surface area contributed by atoms with Crippen LogP contribution in [0.3, 0.4) is 0 Å². The molecule has 2 nitrogen and oxygen atoms in total. The topological polar surface area (TPSA) is 17.0 Å². The third-order valence-electron chi connectivity index (χ3n) is 3.61. The van der Waals surface area contributed by atoms with Gasteiger partial charge in [0.25, 0.3) is 0 Å². The molecular formula is C17H22BrFN2. The van der Waals surface area contributed by atoms with Gasteiger partial charge in [-0.1, -0.05) is 32.9 Å². The number of hydrogen-bond donors (Lipinski definition) is 1. The Kier molecular flexibility index (Phi) is 5.59. The fourth-order valence-corrected chi connectivity index (χ4v) is 2.96. The normalized spacial score (nSPS) is 12.9. The Bertz CT molecular complexity index is 592. The molecule has 0 aliphatic rings. The molecule has 0 spiro atoms. The van der Waals surface area contributed by atoms with E-state index in [-0.39, 0.29) is 5.82 Å². The molecule has 0 saturated heterocycles. The van der Waals surface area contributed by atoms with Gasteiger partial charge in [-0.25, -0.2) is 4.39 Å². The monoisotopic (exact) mass is 352 g/mol. The number of rotatable bonds is 6. The van der Waals surface area contributed by atoms with Crippen molar-refractivity contribution in [2.75, 3.05) is 6.54 Å². The molecule has 0 saturated carbocycles. The Morgan fingerprint density at radius 3 is 2.71 bits per heavy atom. The fourth-order valence-electron chi connectivity index (χ4n) is 2.57. The number of hydrogen-bond acceptors (Lipinski definition) is 1. The van der Waals surface area contributed by atoms with Crippen molar-refractivity contribution < 1.29 is 4.39 Å². The van der Waals surface area contributed by atoms with E-state index in [9.17, 15) is 4.39 Å². The third kappa shape index (κ3) is 3.95. The van der Waals surface area contributed by atoms with E-state index in [0.29, 0.717) is 23.0 Å². The van der Waals surface area contributed by atoms with Crippen molar-refractivity contribution in [2.45, 2.75) is 33.4 Å². The third-order valence-corrected chi connectivity index (χ3v) is 4.50. The minimum absolute atomic E-state index is 0.215. The number of benzene rings is 1. The molecule has 2 aromatic rings. The second-order valence-electron chi connectivity index (χ2n) is 5.61. The first-order valence-electron chi connectivity index (χ1n) is 7.34. The van der Waals surface area contributed by atoms with E-state index in [2.05, 4.69) is 65.0 Å². The SMILES string of the molecule is CCNC(c1ccn(Cc2cccc(F)c2Br)c1)C(C)C. The highest BCUT2D eigenvalue weighted by Crippen LogP contribution is 2.24. The van der Waals surface area contributed by atoms with Crippen molar-refractivity contribution in [3.8, 4) is 0 Å². The fraction of sp³-hybridized carbons (Fsp3) is 0.412. The van der Waals surface area contributed by atoms with Crippen LogP contribution >= 0.6 is 15.9 Å². The highest BCUT2D eigenvalue weighted by molar-refractivity contribution is 9.10. The van der Waals surface area contributed by atoms with E-state index in [4.69, 9.17) is 0 Å². The lowest BCUT2D eigenvalue weighted by atomic mass is 9.98. The average Bonchev–Trinajstić information content (AvgIpc) is 2.89. The van der Waals surface area contributed by atoms with Gasteiger partial charge in [0.05, 0.1) is 4.47 Å². The van der Waals surface area contributed by atoms with Crippen LogP contribution in [0.5, 0.6) is 0 Å². The van der Waals surface area contributed by atoms with Crippen LogP contribution in [0.2, 0.25) is 0 Å². The molecule has 1 aromatic carbocycles. The molecule has 21 heavy (non-hydrogen) atoms. The van der Waals surface area contributed by atoms with Gasteiger partial charge in [0, 0.05) is 25.0 Å². The van der Waals surface area contributed by atoms with Crippen LogP contribution < -0.4 is 5.32 Å². The number of aromatic nitrogens is 1. The van der Waals surface area contributed by atoms with Gasteiger partial charge in [0.15, 0.2) is 0 Å². The summed E-state index contributed by atoms with van der Waals surface area (Å²) in [4.78, 5) is 0. The van der Waals surface area contributed by atoms with Crippen molar-refractivity contribution in [3.05, 3.63) is 58.1 Å². The molecule has 1 N–H and O–H groups in total.